The Hall–Kier alpha value is -2.37. The smallest absolute Gasteiger partial charge is 0.255 e. The summed E-state index contributed by atoms with van der Waals surface area (Å²) in [7, 11) is 0. The van der Waals surface area contributed by atoms with Crippen LogP contribution in [0.4, 0.5) is 0 Å². The van der Waals surface area contributed by atoms with E-state index in [4.69, 9.17) is 0 Å². The fourth-order valence-corrected chi connectivity index (χ4v) is 1.81. The minimum atomic E-state index is -0.502. The third kappa shape index (κ3) is 2.17. The molecule has 0 bridgehead atoms. The Morgan fingerprint density at radius 1 is 1.28 bits per heavy atom. The second kappa shape index (κ2) is 4.48. The third-order valence-electron chi connectivity index (χ3n) is 2.77. The fraction of sp³-hybridized carbons (Fsp3) is 0.250. The molecule has 1 fully saturated rings. The van der Waals surface area contributed by atoms with Gasteiger partial charge in [0, 0.05) is 11.1 Å². The van der Waals surface area contributed by atoms with Gasteiger partial charge in [0.15, 0.2) is 0 Å². The molecule has 0 aromatic heterocycles. The molecule has 0 radical (unpaired) electrons. The topological polar surface area (TPSA) is 86.7 Å². The standard InChI is InChI=1S/C12H12N2O4/c1-7-8(3-2-4-9(7)15)12(18)14-5-10(16)13-11(17)6-14/h2-4,15H,5-6H2,1H3,(H,13,16,17). The van der Waals surface area contributed by atoms with Gasteiger partial charge in [0.25, 0.3) is 5.91 Å². The van der Waals surface area contributed by atoms with E-state index in [2.05, 4.69) is 5.32 Å². The Kier molecular flexibility index (Phi) is 3.01. The van der Waals surface area contributed by atoms with Crippen molar-refractivity contribution in [3.8, 4) is 5.75 Å². The fourth-order valence-electron chi connectivity index (χ4n) is 1.81. The predicted molar refractivity (Wildman–Crippen MR) is 61.9 cm³/mol. The van der Waals surface area contributed by atoms with E-state index in [1.54, 1.807) is 19.1 Å². The molecular weight excluding hydrogens is 236 g/mol. The highest BCUT2D eigenvalue weighted by atomic mass is 16.3. The third-order valence-corrected chi connectivity index (χ3v) is 2.77. The Bertz CT molecular complexity index is 523. The van der Waals surface area contributed by atoms with Crippen molar-refractivity contribution in [1.29, 1.82) is 0 Å². The number of piperazine rings is 1. The molecule has 2 N–H and O–H groups in total. The zero-order valence-electron chi connectivity index (χ0n) is 9.77. The number of rotatable bonds is 1. The SMILES string of the molecule is Cc1c(O)cccc1C(=O)N1CC(=O)NC(=O)C1. The molecule has 1 aromatic rings. The first kappa shape index (κ1) is 12.1. The number of hydrogen-bond donors (Lipinski definition) is 2. The summed E-state index contributed by atoms with van der Waals surface area (Å²) in [6.45, 7) is 1.30. The lowest BCUT2D eigenvalue weighted by Gasteiger charge is -2.26. The van der Waals surface area contributed by atoms with E-state index < -0.39 is 17.7 Å². The molecule has 1 aliphatic heterocycles. The average Bonchev–Trinajstić information content (AvgIpc) is 2.30. The molecule has 18 heavy (non-hydrogen) atoms. The Morgan fingerprint density at radius 3 is 2.50 bits per heavy atom. The summed E-state index contributed by atoms with van der Waals surface area (Å²) in [6, 6.07) is 4.57. The summed E-state index contributed by atoms with van der Waals surface area (Å²) in [4.78, 5) is 35.7. The lowest BCUT2D eigenvalue weighted by Crippen LogP contribution is -2.53. The first-order chi connectivity index (χ1) is 8.49. The van der Waals surface area contributed by atoms with Crippen LogP contribution in [0, 0.1) is 6.92 Å². The lowest BCUT2D eigenvalue weighted by molar-refractivity contribution is -0.135. The van der Waals surface area contributed by atoms with Crippen LogP contribution < -0.4 is 5.32 Å². The van der Waals surface area contributed by atoms with Gasteiger partial charge in [-0.25, -0.2) is 0 Å². The Morgan fingerprint density at radius 2 is 1.89 bits per heavy atom. The Labute approximate surface area is 103 Å². The van der Waals surface area contributed by atoms with Gasteiger partial charge >= 0.3 is 0 Å². The average molecular weight is 248 g/mol. The van der Waals surface area contributed by atoms with Gasteiger partial charge in [-0.15, -0.1) is 0 Å². The zero-order chi connectivity index (χ0) is 13.3. The maximum atomic E-state index is 12.1. The number of carbonyl (C=O) groups excluding carboxylic acids is 3. The summed E-state index contributed by atoms with van der Waals surface area (Å²) in [5.41, 5.74) is 0.721. The number of nitrogens with zero attached hydrogens (tertiary/aromatic N) is 1. The zero-order valence-corrected chi connectivity index (χ0v) is 9.77. The van der Waals surface area contributed by atoms with E-state index in [1.807, 2.05) is 0 Å². The van der Waals surface area contributed by atoms with Gasteiger partial charge in [0.2, 0.25) is 11.8 Å². The number of imide groups is 1. The minimum Gasteiger partial charge on any atom is -0.508 e. The van der Waals surface area contributed by atoms with Crippen molar-refractivity contribution in [2.75, 3.05) is 13.1 Å². The summed E-state index contributed by atoms with van der Waals surface area (Å²) in [6.07, 6.45) is 0. The highest BCUT2D eigenvalue weighted by molar-refractivity contribution is 6.06. The van der Waals surface area contributed by atoms with Gasteiger partial charge < -0.3 is 10.0 Å². The van der Waals surface area contributed by atoms with Gasteiger partial charge in [0.05, 0.1) is 0 Å². The molecule has 1 heterocycles. The second-order valence-electron chi connectivity index (χ2n) is 4.08. The first-order valence-electron chi connectivity index (χ1n) is 5.39. The monoisotopic (exact) mass is 248 g/mol. The van der Waals surface area contributed by atoms with Crippen LogP contribution in [-0.4, -0.2) is 40.8 Å². The molecule has 94 valence electrons. The van der Waals surface area contributed by atoms with Crippen molar-refractivity contribution >= 4 is 17.7 Å². The number of phenolic OH excluding ortho intramolecular Hbond substituents is 1. The highest BCUT2D eigenvalue weighted by Gasteiger charge is 2.28. The maximum Gasteiger partial charge on any atom is 0.255 e. The number of phenols is 1. The molecule has 0 aliphatic carbocycles. The molecule has 0 unspecified atom stereocenters. The molecule has 1 aliphatic rings. The molecule has 6 heteroatoms. The van der Waals surface area contributed by atoms with E-state index >= 15 is 0 Å². The first-order valence-corrected chi connectivity index (χ1v) is 5.39. The molecule has 3 amide bonds. The molecule has 1 aromatic carbocycles. The largest absolute Gasteiger partial charge is 0.508 e. The summed E-state index contributed by atoms with van der Waals surface area (Å²) < 4.78 is 0. The van der Waals surface area contributed by atoms with Gasteiger partial charge in [0.1, 0.15) is 18.8 Å². The van der Waals surface area contributed by atoms with Crippen LogP contribution in [-0.2, 0) is 9.59 Å². The van der Waals surface area contributed by atoms with Crippen molar-refractivity contribution in [2.24, 2.45) is 0 Å². The molecule has 0 atom stereocenters. The second-order valence-corrected chi connectivity index (χ2v) is 4.08. The van der Waals surface area contributed by atoms with Gasteiger partial charge in [-0.2, -0.15) is 0 Å². The number of hydrogen-bond acceptors (Lipinski definition) is 4. The van der Waals surface area contributed by atoms with Crippen LogP contribution in [0.25, 0.3) is 0 Å². The van der Waals surface area contributed by atoms with E-state index in [9.17, 15) is 19.5 Å². The van der Waals surface area contributed by atoms with Crippen molar-refractivity contribution in [3.63, 3.8) is 0 Å². The van der Waals surface area contributed by atoms with Gasteiger partial charge in [-0.1, -0.05) is 6.07 Å². The highest BCUT2D eigenvalue weighted by Crippen LogP contribution is 2.21. The lowest BCUT2D eigenvalue weighted by atomic mass is 10.1. The van der Waals surface area contributed by atoms with Crippen LogP contribution in [0.3, 0.4) is 0 Å². The van der Waals surface area contributed by atoms with Crippen LogP contribution >= 0.6 is 0 Å². The molecule has 0 saturated carbocycles. The number of amides is 3. The van der Waals surface area contributed by atoms with Crippen molar-refractivity contribution in [3.05, 3.63) is 29.3 Å². The van der Waals surface area contributed by atoms with Gasteiger partial charge in [-0.3, -0.25) is 19.7 Å². The summed E-state index contributed by atoms with van der Waals surface area (Å²) in [5, 5.41) is 11.7. The predicted octanol–water partition coefficient (Wildman–Crippen LogP) is -0.201. The number of nitrogens with one attached hydrogen (secondary N) is 1. The number of benzene rings is 1. The van der Waals surface area contributed by atoms with Crippen LogP contribution in [0.2, 0.25) is 0 Å². The summed E-state index contributed by atoms with van der Waals surface area (Å²) in [5.74, 6) is -1.44. The Balaban J connectivity index is 2.28. The molecule has 0 spiro atoms. The van der Waals surface area contributed by atoms with E-state index in [-0.39, 0.29) is 24.4 Å². The van der Waals surface area contributed by atoms with E-state index in [1.165, 1.54) is 6.07 Å². The maximum absolute atomic E-state index is 12.1. The van der Waals surface area contributed by atoms with E-state index in [0.29, 0.717) is 5.56 Å². The van der Waals surface area contributed by atoms with Gasteiger partial charge in [-0.05, 0) is 19.1 Å². The van der Waals surface area contributed by atoms with Crippen molar-refractivity contribution in [2.45, 2.75) is 6.92 Å². The normalized spacial score (nSPS) is 15.5. The quantitative estimate of drug-likeness (QED) is 0.674. The van der Waals surface area contributed by atoms with E-state index in [0.717, 1.165) is 4.90 Å². The van der Waals surface area contributed by atoms with Crippen LogP contribution in [0.5, 0.6) is 5.75 Å². The van der Waals surface area contributed by atoms with Crippen molar-refractivity contribution < 1.29 is 19.5 Å². The minimum absolute atomic E-state index is 0.00800. The van der Waals surface area contributed by atoms with Crippen LogP contribution in [0.15, 0.2) is 18.2 Å². The molecule has 1 saturated heterocycles. The molecule has 2 rings (SSSR count). The number of aromatic hydroxyl groups is 1. The number of carbonyl (C=O) groups is 3. The molecular formula is C12H12N2O4. The van der Waals surface area contributed by atoms with Crippen LogP contribution in [0.1, 0.15) is 15.9 Å². The van der Waals surface area contributed by atoms with Crippen molar-refractivity contribution in [1.82, 2.24) is 10.2 Å². The summed E-state index contributed by atoms with van der Waals surface area (Å²) >= 11 is 0. The molecule has 6 nitrogen and oxygen atoms in total.